The molecule has 0 aromatic carbocycles. The molecule has 6 nitrogen and oxygen atoms in total. The molecule has 1 aliphatic heterocycles. The van der Waals surface area contributed by atoms with E-state index in [0.717, 1.165) is 71.3 Å². The first-order chi connectivity index (χ1) is 9.86. The number of nitrogens with one attached hydrogen (secondary N) is 2. The summed E-state index contributed by atoms with van der Waals surface area (Å²) in [5.74, 6) is 0.868. The van der Waals surface area contributed by atoms with Gasteiger partial charge in [0.05, 0.1) is 12.7 Å². The van der Waals surface area contributed by atoms with Crippen LogP contribution in [0.3, 0.4) is 0 Å². The Morgan fingerprint density at radius 3 is 2.81 bits per heavy atom. The van der Waals surface area contributed by atoms with Crippen molar-refractivity contribution in [3.63, 3.8) is 0 Å². The standard InChI is InChI=1S/C14H29N3O3.HI/c1-3-15-14(16-7-4-9-18-2)17-8-5-10-20-13-6-11-19-12-13;/h13H,3-12H2,1-2H3,(H2,15,16,17);1H. The highest BCUT2D eigenvalue weighted by molar-refractivity contribution is 14.0. The largest absolute Gasteiger partial charge is 0.385 e. The van der Waals surface area contributed by atoms with E-state index in [1.165, 1.54) is 0 Å². The fraction of sp³-hybridized carbons (Fsp3) is 0.929. The maximum atomic E-state index is 5.72. The third-order valence-electron chi connectivity index (χ3n) is 2.98. The molecule has 0 amide bonds. The maximum Gasteiger partial charge on any atom is 0.191 e. The van der Waals surface area contributed by atoms with Gasteiger partial charge < -0.3 is 24.8 Å². The highest BCUT2D eigenvalue weighted by atomic mass is 127. The van der Waals surface area contributed by atoms with Gasteiger partial charge in [-0.05, 0) is 26.2 Å². The van der Waals surface area contributed by atoms with E-state index in [1.807, 2.05) is 0 Å². The molecule has 126 valence electrons. The van der Waals surface area contributed by atoms with Gasteiger partial charge >= 0.3 is 0 Å². The third-order valence-corrected chi connectivity index (χ3v) is 2.98. The molecule has 7 heteroatoms. The molecule has 1 rings (SSSR count). The smallest absolute Gasteiger partial charge is 0.191 e. The zero-order valence-electron chi connectivity index (χ0n) is 13.2. The van der Waals surface area contributed by atoms with Crippen LogP contribution in [0.5, 0.6) is 0 Å². The van der Waals surface area contributed by atoms with Gasteiger partial charge in [0.15, 0.2) is 5.96 Å². The summed E-state index contributed by atoms with van der Waals surface area (Å²) in [5.41, 5.74) is 0. The molecule has 0 saturated carbocycles. The van der Waals surface area contributed by atoms with Gasteiger partial charge in [0, 0.05) is 46.6 Å². The minimum atomic E-state index is 0. The van der Waals surface area contributed by atoms with Crippen LogP contribution in [0.15, 0.2) is 4.99 Å². The first-order valence-electron chi connectivity index (χ1n) is 7.57. The number of nitrogens with zero attached hydrogens (tertiary/aromatic N) is 1. The highest BCUT2D eigenvalue weighted by Crippen LogP contribution is 2.07. The van der Waals surface area contributed by atoms with Crippen LogP contribution in [0, 0.1) is 0 Å². The molecule has 1 aliphatic rings. The average Bonchev–Trinajstić information content (AvgIpc) is 2.96. The summed E-state index contributed by atoms with van der Waals surface area (Å²) in [6, 6.07) is 0. The normalized spacial score (nSPS) is 18.4. The van der Waals surface area contributed by atoms with Gasteiger partial charge in [0.1, 0.15) is 0 Å². The number of halogens is 1. The Bertz CT molecular complexity index is 262. The van der Waals surface area contributed by atoms with Crippen molar-refractivity contribution in [2.45, 2.75) is 32.3 Å². The van der Waals surface area contributed by atoms with Gasteiger partial charge in [-0.15, -0.1) is 24.0 Å². The Morgan fingerprint density at radius 1 is 1.29 bits per heavy atom. The maximum absolute atomic E-state index is 5.72. The number of hydrogen-bond acceptors (Lipinski definition) is 4. The van der Waals surface area contributed by atoms with Crippen molar-refractivity contribution in [1.82, 2.24) is 10.6 Å². The molecule has 21 heavy (non-hydrogen) atoms. The Balaban J connectivity index is 0.00000400. The van der Waals surface area contributed by atoms with Gasteiger partial charge in [-0.2, -0.15) is 0 Å². The van der Waals surface area contributed by atoms with Gasteiger partial charge in [-0.3, -0.25) is 4.99 Å². The Morgan fingerprint density at radius 2 is 2.14 bits per heavy atom. The van der Waals surface area contributed by atoms with E-state index < -0.39 is 0 Å². The first kappa shape index (κ1) is 20.9. The van der Waals surface area contributed by atoms with Crippen molar-refractivity contribution < 1.29 is 14.2 Å². The van der Waals surface area contributed by atoms with Gasteiger partial charge in [-0.25, -0.2) is 0 Å². The first-order valence-corrected chi connectivity index (χ1v) is 7.57. The van der Waals surface area contributed by atoms with Crippen molar-refractivity contribution in [3.05, 3.63) is 0 Å². The lowest BCUT2D eigenvalue weighted by molar-refractivity contribution is 0.0420. The molecular weight excluding hydrogens is 385 g/mol. The van der Waals surface area contributed by atoms with Gasteiger partial charge in [0.25, 0.3) is 0 Å². The fourth-order valence-electron chi connectivity index (χ4n) is 1.91. The molecule has 0 aromatic rings. The minimum Gasteiger partial charge on any atom is -0.385 e. The second kappa shape index (κ2) is 14.8. The predicted octanol–water partition coefficient (Wildman–Crippen LogP) is 1.39. The topological polar surface area (TPSA) is 64.1 Å². The minimum absolute atomic E-state index is 0. The van der Waals surface area contributed by atoms with E-state index >= 15 is 0 Å². The molecule has 1 atom stereocenters. The SMILES string of the molecule is CCNC(=NCCCOC)NCCCOC1CCOC1.I. The fourth-order valence-corrected chi connectivity index (χ4v) is 1.91. The number of rotatable bonds is 10. The zero-order valence-corrected chi connectivity index (χ0v) is 15.6. The number of aliphatic imine (C=N–C) groups is 1. The van der Waals surface area contributed by atoms with E-state index in [-0.39, 0.29) is 24.0 Å². The zero-order chi connectivity index (χ0) is 14.5. The van der Waals surface area contributed by atoms with Gasteiger partial charge in [-0.1, -0.05) is 0 Å². The summed E-state index contributed by atoms with van der Waals surface area (Å²) in [7, 11) is 1.71. The Labute approximate surface area is 145 Å². The monoisotopic (exact) mass is 415 g/mol. The van der Waals surface area contributed by atoms with E-state index in [1.54, 1.807) is 7.11 Å². The van der Waals surface area contributed by atoms with E-state index in [9.17, 15) is 0 Å². The molecule has 1 fully saturated rings. The summed E-state index contributed by atoms with van der Waals surface area (Å²) in [5, 5.41) is 6.54. The lowest BCUT2D eigenvalue weighted by Gasteiger charge is -2.12. The molecule has 2 N–H and O–H groups in total. The third kappa shape index (κ3) is 11.1. The van der Waals surface area contributed by atoms with Crippen LogP contribution in [0.1, 0.15) is 26.2 Å². The van der Waals surface area contributed by atoms with Crippen molar-refractivity contribution in [2.75, 3.05) is 53.2 Å². The van der Waals surface area contributed by atoms with Crippen LogP contribution in [-0.4, -0.2) is 65.2 Å². The summed E-state index contributed by atoms with van der Waals surface area (Å²) in [4.78, 5) is 4.48. The molecule has 1 heterocycles. The van der Waals surface area contributed by atoms with Crippen molar-refractivity contribution in [1.29, 1.82) is 0 Å². The van der Waals surface area contributed by atoms with Gasteiger partial charge in [0.2, 0.25) is 0 Å². The van der Waals surface area contributed by atoms with Crippen molar-refractivity contribution in [3.8, 4) is 0 Å². The molecule has 0 bridgehead atoms. The van der Waals surface area contributed by atoms with Crippen LogP contribution >= 0.6 is 24.0 Å². The second-order valence-corrected chi connectivity index (χ2v) is 4.74. The summed E-state index contributed by atoms with van der Waals surface area (Å²) < 4.78 is 16.0. The molecule has 1 saturated heterocycles. The average molecular weight is 415 g/mol. The Kier molecular flexibility index (Phi) is 14.7. The van der Waals surface area contributed by atoms with Crippen LogP contribution < -0.4 is 10.6 Å². The lowest BCUT2D eigenvalue weighted by atomic mass is 10.3. The van der Waals surface area contributed by atoms with E-state index in [0.29, 0.717) is 6.10 Å². The summed E-state index contributed by atoms with van der Waals surface area (Å²) >= 11 is 0. The molecule has 0 aliphatic carbocycles. The molecule has 0 spiro atoms. The van der Waals surface area contributed by atoms with Crippen LogP contribution in [0.4, 0.5) is 0 Å². The van der Waals surface area contributed by atoms with Crippen LogP contribution in [-0.2, 0) is 14.2 Å². The molecule has 1 unspecified atom stereocenters. The number of ether oxygens (including phenoxy) is 3. The lowest BCUT2D eigenvalue weighted by Crippen LogP contribution is -2.38. The molecule has 0 radical (unpaired) electrons. The van der Waals surface area contributed by atoms with Crippen LogP contribution in [0.2, 0.25) is 0 Å². The number of guanidine groups is 1. The summed E-state index contributed by atoms with van der Waals surface area (Å²) in [6.45, 7) is 7.67. The van der Waals surface area contributed by atoms with E-state index in [4.69, 9.17) is 14.2 Å². The van der Waals surface area contributed by atoms with Crippen molar-refractivity contribution >= 4 is 29.9 Å². The number of hydrogen-bond donors (Lipinski definition) is 2. The van der Waals surface area contributed by atoms with Crippen LogP contribution in [0.25, 0.3) is 0 Å². The Hall–Kier alpha value is -0.120. The predicted molar refractivity (Wildman–Crippen MR) is 95.7 cm³/mol. The summed E-state index contributed by atoms with van der Waals surface area (Å²) in [6.07, 6.45) is 3.24. The second-order valence-electron chi connectivity index (χ2n) is 4.74. The molecular formula is C14H30IN3O3. The quantitative estimate of drug-likeness (QED) is 0.244. The van der Waals surface area contributed by atoms with E-state index in [2.05, 4.69) is 22.5 Å². The van der Waals surface area contributed by atoms with Crippen molar-refractivity contribution in [2.24, 2.45) is 4.99 Å². The number of methoxy groups -OCH3 is 1. The molecule has 0 aromatic heterocycles. The highest BCUT2D eigenvalue weighted by Gasteiger charge is 2.15.